The van der Waals surface area contributed by atoms with Crippen molar-refractivity contribution in [3.63, 3.8) is 0 Å². The van der Waals surface area contributed by atoms with Crippen LogP contribution in [0.4, 0.5) is 4.79 Å². The molecule has 1 aromatic heterocycles. The number of thioether (sulfide) groups is 1. The first-order valence-corrected chi connectivity index (χ1v) is 13.2. The minimum Gasteiger partial charge on any atom is -0.324 e. The number of urea groups is 1. The number of nitrogens with zero attached hydrogens (tertiary/aromatic N) is 3. The van der Waals surface area contributed by atoms with Gasteiger partial charge in [0, 0.05) is 47.3 Å². The molecule has 33 heavy (non-hydrogen) atoms. The molecule has 1 fully saturated rings. The van der Waals surface area contributed by atoms with Crippen LogP contribution < -0.4 is 5.43 Å². The van der Waals surface area contributed by atoms with Gasteiger partial charge in [-0.05, 0) is 75.5 Å². The number of carbonyl (C=O) groups is 1. The Bertz CT molecular complexity index is 1140. The third-order valence-corrected chi connectivity index (χ3v) is 8.43. The average Bonchev–Trinajstić information content (AvgIpc) is 3.17. The van der Waals surface area contributed by atoms with Gasteiger partial charge in [0.1, 0.15) is 0 Å². The lowest BCUT2D eigenvalue weighted by Crippen LogP contribution is -2.44. The smallest absolute Gasteiger partial charge is 0.324 e. The summed E-state index contributed by atoms with van der Waals surface area (Å²) in [6.07, 6.45) is 5.71. The Hall–Kier alpha value is -2.44. The molecule has 3 aromatic rings. The molecule has 5 nitrogen and oxygen atoms in total. The molecule has 2 heterocycles. The van der Waals surface area contributed by atoms with Crippen molar-refractivity contribution in [2.24, 2.45) is 0 Å². The Morgan fingerprint density at radius 1 is 1.18 bits per heavy atom. The lowest BCUT2D eigenvalue weighted by atomic mass is 9.75. The molecule has 1 aliphatic heterocycles. The molecule has 0 bridgehead atoms. The molecule has 0 radical (unpaired) electrons. The molecule has 174 valence electrons. The molecule has 2 aromatic carbocycles. The van der Waals surface area contributed by atoms with Crippen LogP contribution >= 0.6 is 11.8 Å². The fraction of sp³-hybridized carbons (Fsp3) is 0.444. The molecule has 1 aliphatic carbocycles. The zero-order valence-corrected chi connectivity index (χ0v) is 20.7. The van der Waals surface area contributed by atoms with E-state index >= 15 is 0 Å². The van der Waals surface area contributed by atoms with E-state index in [1.165, 1.54) is 46.4 Å². The van der Waals surface area contributed by atoms with Crippen LogP contribution in [0.3, 0.4) is 0 Å². The molecule has 6 heteroatoms. The summed E-state index contributed by atoms with van der Waals surface area (Å²) in [5.74, 6) is 1.50. The van der Waals surface area contributed by atoms with Crippen molar-refractivity contribution in [2.45, 2.75) is 55.7 Å². The number of hydrogen-bond donors (Lipinski definition) is 1. The van der Waals surface area contributed by atoms with E-state index in [0.29, 0.717) is 25.0 Å². The number of rotatable bonds is 6. The van der Waals surface area contributed by atoms with Crippen molar-refractivity contribution >= 4 is 28.7 Å². The SMILES string of the molecule is CCN(CC)C(=O)Nn1cc2c3c(cc(SCc4ccccc4)cc31)[C@H]1CCCN(C)[C@@H]1C2. The number of likely N-dealkylation sites (tertiary alicyclic amines) is 1. The Kier molecular flexibility index (Phi) is 6.39. The van der Waals surface area contributed by atoms with Gasteiger partial charge in [0.15, 0.2) is 0 Å². The Morgan fingerprint density at radius 3 is 2.73 bits per heavy atom. The molecule has 2 atom stereocenters. The van der Waals surface area contributed by atoms with Crippen LogP contribution in [0.2, 0.25) is 0 Å². The number of benzene rings is 2. The van der Waals surface area contributed by atoms with Gasteiger partial charge in [-0.25, -0.2) is 10.2 Å². The monoisotopic (exact) mass is 462 g/mol. The number of nitrogens with one attached hydrogen (secondary N) is 1. The molecule has 5 rings (SSSR count). The van der Waals surface area contributed by atoms with E-state index in [2.05, 4.69) is 66.0 Å². The highest BCUT2D eigenvalue weighted by atomic mass is 32.2. The Balaban J connectivity index is 1.55. The van der Waals surface area contributed by atoms with E-state index in [-0.39, 0.29) is 6.03 Å². The normalized spacial score (nSPS) is 20.0. The first-order chi connectivity index (χ1) is 16.1. The second kappa shape index (κ2) is 9.43. The van der Waals surface area contributed by atoms with Crippen LogP contribution in [-0.2, 0) is 12.2 Å². The number of hydrogen-bond acceptors (Lipinski definition) is 3. The maximum absolute atomic E-state index is 12.9. The maximum Gasteiger partial charge on any atom is 0.336 e. The summed E-state index contributed by atoms with van der Waals surface area (Å²) in [5.41, 5.74) is 8.46. The van der Waals surface area contributed by atoms with Gasteiger partial charge in [-0.15, -0.1) is 11.8 Å². The fourth-order valence-corrected chi connectivity index (χ4v) is 6.54. The van der Waals surface area contributed by atoms with E-state index in [9.17, 15) is 4.79 Å². The van der Waals surface area contributed by atoms with E-state index in [0.717, 1.165) is 17.7 Å². The zero-order chi connectivity index (χ0) is 22.9. The van der Waals surface area contributed by atoms with Gasteiger partial charge >= 0.3 is 6.03 Å². The predicted octanol–water partition coefficient (Wildman–Crippen LogP) is 5.67. The minimum atomic E-state index is -0.0406. The molecule has 2 aliphatic rings. The van der Waals surface area contributed by atoms with E-state index < -0.39 is 0 Å². The van der Waals surface area contributed by atoms with Crippen molar-refractivity contribution < 1.29 is 4.79 Å². The second-order valence-electron chi connectivity index (χ2n) is 9.30. The molecule has 1 N–H and O–H groups in total. The van der Waals surface area contributed by atoms with Gasteiger partial charge in [0.25, 0.3) is 0 Å². The third kappa shape index (κ3) is 4.26. The van der Waals surface area contributed by atoms with Crippen LogP contribution in [0, 0.1) is 0 Å². The summed E-state index contributed by atoms with van der Waals surface area (Å²) >= 11 is 1.88. The fourth-order valence-electron chi connectivity index (χ4n) is 5.61. The van der Waals surface area contributed by atoms with E-state index in [4.69, 9.17) is 0 Å². The topological polar surface area (TPSA) is 40.5 Å². The highest BCUT2D eigenvalue weighted by molar-refractivity contribution is 7.98. The summed E-state index contributed by atoms with van der Waals surface area (Å²) in [4.78, 5) is 18.5. The average molecular weight is 463 g/mol. The van der Waals surface area contributed by atoms with Crippen LogP contribution in [0.5, 0.6) is 0 Å². The van der Waals surface area contributed by atoms with Crippen molar-refractivity contribution in [3.8, 4) is 0 Å². The number of fused-ring (bicyclic) bond motifs is 2. The first kappa shape index (κ1) is 22.4. The highest BCUT2D eigenvalue weighted by Gasteiger charge is 2.37. The lowest BCUT2D eigenvalue weighted by molar-refractivity contribution is 0.157. The predicted molar refractivity (Wildman–Crippen MR) is 138 cm³/mol. The number of aromatic nitrogens is 1. The molecule has 2 amide bonds. The Labute approximate surface area is 201 Å². The van der Waals surface area contributed by atoms with Crippen LogP contribution in [0.25, 0.3) is 10.9 Å². The summed E-state index contributed by atoms with van der Waals surface area (Å²) < 4.78 is 1.98. The third-order valence-electron chi connectivity index (χ3n) is 7.39. The van der Waals surface area contributed by atoms with Gasteiger partial charge < -0.3 is 9.80 Å². The minimum absolute atomic E-state index is 0.0406. The number of piperidine rings is 1. The standard InChI is InChI=1S/C27H34N4OS/c1-4-30(5-2)27(32)28-31-17-20-14-24-22(12-9-13-29(24)3)23-15-21(16-25(31)26(20)23)33-18-19-10-7-6-8-11-19/h6-8,10-11,15-17,22,24H,4-5,9,12-14,18H2,1-3H3,(H,28,32)/t22-,24-/m1/s1. The summed E-state index contributed by atoms with van der Waals surface area (Å²) in [5, 5.41) is 1.36. The van der Waals surface area contributed by atoms with E-state index in [1.807, 2.05) is 35.2 Å². The summed E-state index contributed by atoms with van der Waals surface area (Å²) in [6.45, 7) is 6.61. The van der Waals surface area contributed by atoms with Crippen molar-refractivity contribution in [3.05, 3.63) is 65.4 Å². The molecule has 0 unspecified atom stereocenters. The molecular formula is C27H34N4OS. The number of carbonyl (C=O) groups excluding carboxylic acids is 1. The van der Waals surface area contributed by atoms with Crippen molar-refractivity contribution in [1.29, 1.82) is 0 Å². The van der Waals surface area contributed by atoms with E-state index in [1.54, 1.807) is 0 Å². The lowest BCUT2D eigenvalue weighted by Gasteiger charge is -2.42. The van der Waals surface area contributed by atoms with Crippen LogP contribution in [0.15, 0.2) is 53.6 Å². The van der Waals surface area contributed by atoms with Crippen molar-refractivity contribution in [1.82, 2.24) is 14.5 Å². The van der Waals surface area contributed by atoms with Crippen molar-refractivity contribution in [2.75, 3.05) is 32.1 Å². The van der Waals surface area contributed by atoms with Crippen LogP contribution in [-0.4, -0.2) is 53.2 Å². The largest absolute Gasteiger partial charge is 0.336 e. The highest BCUT2D eigenvalue weighted by Crippen LogP contribution is 2.45. The summed E-state index contributed by atoms with van der Waals surface area (Å²) in [7, 11) is 2.27. The summed E-state index contributed by atoms with van der Waals surface area (Å²) in [6, 6.07) is 15.9. The van der Waals surface area contributed by atoms with Crippen LogP contribution in [0.1, 0.15) is 49.3 Å². The molecule has 0 saturated carbocycles. The van der Waals surface area contributed by atoms with Gasteiger partial charge in [0.2, 0.25) is 0 Å². The number of amides is 2. The van der Waals surface area contributed by atoms with Gasteiger partial charge in [-0.1, -0.05) is 30.3 Å². The van der Waals surface area contributed by atoms with Gasteiger partial charge in [-0.2, -0.15) is 0 Å². The zero-order valence-electron chi connectivity index (χ0n) is 19.9. The maximum atomic E-state index is 12.9. The molecular weight excluding hydrogens is 428 g/mol. The number of likely N-dealkylation sites (N-methyl/N-ethyl adjacent to an activating group) is 1. The van der Waals surface area contributed by atoms with Gasteiger partial charge in [0.05, 0.1) is 5.52 Å². The quantitative estimate of drug-likeness (QED) is 0.480. The second-order valence-corrected chi connectivity index (χ2v) is 10.3. The molecule has 0 spiro atoms. The van der Waals surface area contributed by atoms with Gasteiger partial charge in [-0.3, -0.25) is 4.68 Å². The Morgan fingerprint density at radius 2 is 1.97 bits per heavy atom. The first-order valence-electron chi connectivity index (χ1n) is 12.2. The molecule has 1 saturated heterocycles.